The summed E-state index contributed by atoms with van der Waals surface area (Å²) in [5, 5.41) is 22.7. The van der Waals surface area contributed by atoms with Gasteiger partial charge in [-0.3, -0.25) is 0 Å². The van der Waals surface area contributed by atoms with Crippen LogP contribution in [0, 0.1) is 11.3 Å². The second-order valence-electron chi connectivity index (χ2n) is 5.37. The summed E-state index contributed by atoms with van der Waals surface area (Å²) in [7, 11) is 0. The van der Waals surface area contributed by atoms with Gasteiger partial charge in [-0.15, -0.1) is 0 Å². The zero-order valence-corrected chi connectivity index (χ0v) is 11.2. The number of hydrogen-bond donors (Lipinski definition) is 3. The van der Waals surface area contributed by atoms with E-state index >= 15 is 0 Å². The molecule has 0 saturated heterocycles. The molecule has 0 bridgehead atoms. The molecule has 19 heavy (non-hydrogen) atoms. The molecule has 102 valence electrons. The maximum atomic E-state index is 10.6. The van der Waals surface area contributed by atoms with Gasteiger partial charge in [0.2, 0.25) is 0 Å². The third-order valence-electron chi connectivity index (χ3n) is 3.87. The molecule has 1 aliphatic rings. The molecule has 1 fully saturated rings. The summed E-state index contributed by atoms with van der Waals surface area (Å²) in [4.78, 5) is 0. The van der Waals surface area contributed by atoms with Gasteiger partial charge in [0.1, 0.15) is 6.07 Å². The molecule has 4 N–H and O–H groups in total. The number of nitriles is 1. The van der Waals surface area contributed by atoms with Crippen molar-refractivity contribution in [1.82, 2.24) is 0 Å². The van der Waals surface area contributed by atoms with E-state index in [1.165, 1.54) is 12.8 Å². The van der Waals surface area contributed by atoms with E-state index in [0.29, 0.717) is 17.8 Å². The van der Waals surface area contributed by atoms with E-state index in [4.69, 9.17) is 11.0 Å². The van der Waals surface area contributed by atoms with Gasteiger partial charge in [-0.1, -0.05) is 31.7 Å². The Morgan fingerprint density at radius 3 is 2.58 bits per heavy atom. The predicted octanol–water partition coefficient (Wildman–Crippen LogP) is 2.64. The van der Waals surface area contributed by atoms with Crippen molar-refractivity contribution >= 4 is 11.4 Å². The van der Waals surface area contributed by atoms with E-state index in [0.717, 1.165) is 31.4 Å². The summed E-state index contributed by atoms with van der Waals surface area (Å²) in [6, 6.07) is 7.40. The molecule has 0 aliphatic heterocycles. The first-order valence-electron chi connectivity index (χ1n) is 6.89. The Bertz CT molecular complexity index is 471. The van der Waals surface area contributed by atoms with Crippen LogP contribution in [0.2, 0.25) is 0 Å². The molecule has 1 aromatic rings. The Kier molecular flexibility index (Phi) is 4.28. The van der Waals surface area contributed by atoms with Crippen LogP contribution in [0.3, 0.4) is 0 Å². The van der Waals surface area contributed by atoms with Gasteiger partial charge < -0.3 is 16.2 Å². The molecule has 1 aliphatic carbocycles. The molecule has 1 saturated carbocycles. The molecular weight excluding hydrogens is 238 g/mol. The Hall–Kier alpha value is -1.73. The van der Waals surface area contributed by atoms with Gasteiger partial charge in [0, 0.05) is 6.54 Å². The number of nitrogens with one attached hydrogen (secondary N) is 1. The van der Waals surface area contributed by atoms with E-state index in [1.807, 2.05) is 6.07 Å². The Labute approximate surface area is 114 Å². The fourth-order valence-electron chi connectivity index (χ4n) is 2.64. The molecule has 0 spiro atoms. The van der Waals surface area contributed by atoms with Gasteiger partial charge in [0.15, 0.2) is 0 Å². The topological polar surface area (TPSA) is 82.1 Å². The molecule has 0 heterocycles. The van der Waals surface area contributed by atoms with Crippen molar-refractivity contribution in [3.8, 4) is 6.07 Å². The van der Waals surface area contributed by atoms with Gasteiger partial charge in [-0.2, -0.15) is 5.26 Å². The van der Waals surface area contributed by atoms with Crippen molar-refractivity contribution in [2.45, 2.75) is 44.1 Å². The SMILES string of the molecule is N#Cc1cccc(NCC2(O)CCCCCC2)c1N. The van der Waals surface area contributed by atoms with E-state index in [-0.39, 0.29) is 0 Å². The lowest BCUT2D eigenvalue weighted by atomic mass is 9.94. The lowest BCUT2D eigenvalue weighted by molar-refractivity contribution is 0.0381. The van der Waals surface area contributed by atoms with E-state index in [9.17, 15) is 5.11 Å². The van der Waals surface area contributed by atoms with Crippen molar-refractivity contribution in [1.29, 1.82) is 5.26 Å². The van der Waals surface area contributed by atoms with Crippen molar-refractivity contribution in [2.75, 3.05) is 17.6 Å². The number of nitrogens with zero attached hydrogens (tertiary/aromatic N) is 1. The van der Waals surface area contributed by atoms with Crippen LogP contribution in [0.15, 0.2) is 18.2 Å². The maximum Gasteiger partial charge on any atom is 0.101 e. The first kappa shape index (κ1) is 13.7. The lowest BCUT2D eigenvalue weighted by Crippen LogP contribution is -2.36. The highest BCUT2D eigenvalue weighted by Crippen LogP contribution is 2.29. The maximum absolute atomic E-state index is 10.6. The molecular formula is C15H21N3O. The molecule has 4 heteroatoms. The summed E-state index contributed by atoms with van der Waals surface area (Å²) in [6.07, 6.45) is 6.22. The van der Waals surface area contributed by atoms with Crippen molar-refractivity contribution in [3.63, 3.8) is 0 Å². The zero-order chi connectivity index (χ0) is 13.7. The number of nitrogens with two attached hydrogens (primary N) is 1. The summed E-state index contributed by atoms with van der Waals surface area (Å²) in [6.45, 7) is 0.492. The predicted molar refractivity (Wildman–Crippen MR) is 76.7 cm³/mol. The van der Waals surface area contributed by atoms with Gasteiger partial charge in [0.05, 0.1) is 22.5 Å². The van der Waals surface area contributed by atoms with Gasteiger partial charge in [0.25, 0.3) is 0 Å². The summed E-state index contributed by atoms with van der Waals surface area (Å²) >= 11 is 0. The minimum absolute atomic E-state index is 0.460. The number of benzene rings is 1. The van der Waals surface area contributed by atoms with Gasteiger partial charge in [-0.25, -0.2) is 0 Å². The van der Waals surface area contributed by atoms with E-state index in [1.54, 1.807) is 12.1 Å². The fraction of sp³-hybridized carbons (Fsp3) is 0.533. The summed E-state index contributed by atoms with van der Waals surface area (Å²) < 4.78 is 0. The highest BCUT2D eigenvalue weighted by atomic mass is 16.3. The van der Waals surface area contributed by atoms with Gasteiger partial charge in [-0.05, 0) is 25.0 Å². The molecule has 0 unspecified atom stereocenters. The van der Waals surface area contributed by atoms with Crippen molar-refractivity contribution in [2.24, 2.45) is 0 Å². The highest BCUT2D eigenvalue weighted by Gasteiger charge is 2.27. The van der Waals surface area contributed by atoms with Crippen molar-refractivity contribution < 1.29 is 5.11 Å². The van der Waals surface area contributed by atoms with Crippen LogP contribution in [0.25, 0.3) is 0 Å². The van der Waals surface area contributed by atoms with Crippen LogP contribution >= 0.6 is 0 Å². The first-order valence-corrected chi connectivity index (χ1v) is 6.89. The molecule has 2 rings (SSSR count). The fourth-order valence-corrected chi connectivity index (χ4v) is 2.64. The third kappa shape index (κ3) is 3.39. The second-order valence-corrected chi connectivity index (χ2v) is 5.37. The first-order chi connectivity index (χ1) is 9.14. The standard InChI is InChI=1S/C15H21N3O/c16-10-12-6-5-7-13(14(12)17)18-11-15(19)8-3-1-2-4-9-15/h5-7,18-19H,1-4,8-9,11,17H2. The van der Waals surface area contributed by atoms with Crippen LogP contribution in [0.5, 0.6) is 0 Å². The largest absolute Gasteiger partial charge is 0.396 e. The van der Waals surface area contributed by atoms with E-state index < -0.39 is 5.60 Å². The molecule has 4 nitrogen and oxygen atoms in total. The molecule has 0 radical (unpaired) electrons. The van der Waals surface area contributed by atoms with Crippen LogP contribution in [0.1, 0.15) is 44.1 Å². The molecule has 0 atom stereocenters. The molecule has 0 aromatic heterocycles. The molecule has 0 amide bonds. The van der Waals surface area contributed by atoms with Crippen LogP contribution in [-0.2, 0) is 0 Å². The minimum Gasteiger partial charge on any atom is -0.396 e. The minimum atomic E-state index is -0.647. The number of hydrogen-bond acceptors (Lipinski definition) is 4. The highest BCUT2D eigenvalue weighted by molar-refractivity contribution is 5.72. The Balaban J connectivity index is 2.04. The summed E-state index contributed by atoms with van der Waals surface area (Å²) in [5.41, 5.74) is 6.93. The third-order valence-corrected chi connectivity index (χ3v) is 3.87. The lowest BCUT2D eigenvalue weighted by Gasteiger charge is -2.27. The smallest absolute Gasteiger partial charge is 0.101 e. The average molecular weight is 259 g/mol. The Morgan fingerprint density at radius 2 is 1.95 bits per heavy atom. The monoisotopic (exact) mass is 259 g/mol. The van der Waals surface area contributed by atoms with Crippen molar-refractivity contribution in [3.05, 3.63) is 23.8 Å². The Morgan fingerprint density at radius 1 is 1.26 bits per heavy atom. The average Bonchev–Trinajstić information content (AvgIpc) is 2.63. The number of rotatable bonds is 3. The van der Waals surface area contributed by atoms with Crippen LogP contribution in [-0.4, -0.2) is 17.3 Å². The van der Waals surface area contributed by atoms with E-state index in [2.05, 4.69) is 11.4 Å². The van der Waals surface area contributed by atoms with Gasteiger partial charge >= 0.3 is 0 Å². The number of anilines is 2. The quantitative estimate of drug-likeness (QED) is 0.575. The summed E-state index contributed by atoms with van der Waals surface area (Å²) in [5.74, 6) is 0. The van der Waals surface area contributed by atoms with Crippen LogP contribution < -0.4 is 11.1 Å². The molecule has 1 aromatic carbocycles. The zero-order valence-electron chi connectivity index (χ0n) is 11.2. The normalized spacial score (nSPS) is 18.3. The van der Waals surface area contributed by atoms with Crippen LogP contribution in [0.4, 0.5) is 11.4 Å². The number of nitrogen functional groups attached to an aromatic ring is 1. The number of aliphatic hydroxyl groups is 1. The number of para-hydroxylation sites is 1. The second kappa shape index (κ2) is 5.94.